The summed E-state index contributed by atoms with van der Waals surface area (Å²) in [5.41, 5.74) is 2.34. The number of pyridine rings is 1. The first-order valence-electron chi connectivity index (χ1n) is 7.29. The van der Waals surface area contributed by atoms with E-state index in [0.29, 0.717) is 12.1 Å². The van der Waals surface area contributed by atoms with Crippen molar-refractivity contribution in [3.63, 3.8) is 0 Å². The Morgan fingerprint density at radius 3 is 2.61 bits per heavy atom. The van der Waals surface area contributed by atoms with Gasteiger partial charge in [0.1, 0.15) is 0 Å². The van der Waals surface area contributed by atoms with Crippen LogP contribution >= 0.6 is 15.9 Å². The highest BCUT2D eigenvalue weighted by molar-refractivity contribution is 9.10. The molecule has 1 aromatic carbocycles. The summed E-state index contributed by atoms with van der Waals surface area (Å²) in [6.07, 6.45) is 4.88. The van der Waals surface area contributed by atoms with E-state index in [1.165, 1.54) is 10.6 Å². The van der Waals surface area contributed by atoms with E-state index >= 15 is 0 Å². The van der Waals surface area contributed by atoms with Crippen molar-refractivity contribution in [2.75, 3.05) is 0 Å². The van der Waals surface area contributed by atoms with Gasteiger partial charge in [0.15, 0.2) is 0 Å². The number of nitrogens with zero attached hydrogens (tertiary/aromatic N) is 2. The second kappa shape index (κ2) is 7.92. The molecular formula is C18H19BrN2O2. The molecule has 0 amide bonds. The van der Waals surface area contributed by atoms with E-state index in [-0.39, 0.29) is 11.5 Å². The maximum Gasteiger partial charge on any atom is 0.250 e. The molecule has 2 rings (SSSR count). The van der Waals surface area contributed by atoms with E-state index in [0.717, 1.165) is 22.0 Å². The van der Waals surface area contributed by atoms with Gasteiger partial charge in [-0.3, -0.25) is 4.79 Å². The van der Waals surface area contributed by atoms with Gasteiger partial charge in [0.2, 0.25) is 5.56 Å². The normalized spacial score (nSPS) is 12.9. The van der Waals surface area contributed by atoms with Gasteiger partial charge in [-0.25, -0.2) is 0 Å². The summed E-state index contributed by atoms with van der Waals surface area (Å²) < 4.78 is 2.50. The SMILES string of the molecule is C=CCC(C/C(=N/O)c1ccc(=O)n(C)c1)c1ccc(Br)cc1. The third-order valence-corrected chi connectivity index (χ3v) is 4.30. The molecule has 1 aromatic heterocycles. The average Bonchev–Trinajstić information content (AvgIpc) is 2.55. The lowest BCUT2D eigenvalue weighted by atomic mass is 9.89. The maximum absolute atomic E-state index is 11.5. The summed E-state index contributed by atoms with van der Waals surface area (Å²) in [4.78, 5) is 11.5. The molecule has 5 heteroatoms. The van der Waals surface area contributed by atoms with Crippen LogP contribution in [0.5, 0.6) is 0 Å². The lowest BCUT2D eigenvalue weighted by Crippen LogP contribution is -2.17. The van der Waals surface area contributed by atoms with Crippen LogP contribution < -0.4 is 5.56 Å². The number of halogens is 1. The van der Waals surface area contributed by atoms with E-state index in [1.807, 2.05) is 30.3 Å². The van der Waals surface area contributed by atoms with Crippen molar-refractivity contribution in [2.45, 2.75) is 18.8 Å². The van der Waals surface area contributed by atoms with Gasteiger partial charge in [-0.2, -0.15) is 0 Å². The second-order valence-electron chi connectivity index (χ2n) is 5.39. The summed E-state index contributed by atoms with van der Waals surface area (Å²) in [6.45, 7) is 3.82. The summed E-state index contributed by atoms with van der Waals surface area (Å²) in [5, 5.41) is 12.9. The smallest absolute Gasteiger partial charge is 0.250 e. The third-order valence-electron chi connectivity index (χ3n) is 3.77. The van der Waals surface area contributed by atoms with Crippen LogP contribution in [0, 0.1) is 0 Å². The molecule has 4 nitrogen and oxygen atoms in total. The molecule has 0 saturated heterocycles. The number of benzene rings is 1. The van der Waals surface area contributed by atoms with E-state index in [1.54, 1.807) is 19.3 Å². The van der Waals surface area contributed by atoms with Crippen LogP contribution in [-0.4, -0.2) is 15.5 Å². The zero-order chi connectivity index (χ0) is 16.8. The maximum atomic E-state index is 11.5. The Morgan fingerprint density at radius 1 is 1.35 bits per heavy atom. The lowest BCUT2D eigenvalue weighted by Gasteiger charge is -2.17. The monoisotopic (exact) mass is 374 g/mol. The highest BCUT2D eigenvalue weighted by Crippen LogP contribution is 2.27. The topological polar surface area (TPSA) is 54.6 Å². The largest absolute Gasteiger partial charge is 0.411 e. The first-order chi connectivity index (χ1) is 11.0. The molecule has 23 heavy (non-hydrogen) atoms. The molecule has 1 unspecified atom stereocenters. The second-order valence-corrected chi connectivity index (χ2v) is 6.31. The highest BCUT2D eigenvalue weighted by Gasteiger charge is 2.16. The van der Waals surface area contributed by atoms with E-state index in [2.05, 4.69) is 27.7 Å². The fourth-order valence-electron chi connectivity index (χ4n) is 2.49. The number of allylic oxidation sites excluding steroid dienone is 1. The minimum absolute atomic E-state index is 0.0957. The summed E-state index contributed by atoms with van der Waals surface area (Å²) in [6, 6.07) is 11.2. The predicted molar refractivity (Wildman–Crippen MR) is 96.3 cm³/mol. The Labute approximate surface area is 143 Å². The number of hydrogen-bond acceptors (Lipinski definition) is 3. The molecule has 0 spiro atoms. The Hall–Kier alpha value is -2.14. The van der Waals surface area contributed by atoms with Gasteiger partial charge in [0.25, 0.3) is 0 Å². The first-order valence-corrected chi connectivity index (χ1v) is 8.08. The number of rotatable bonds is 6. The Kier molecular flexibility index (Phi) is 5.93. The number of oxime groups is 1. The predicted octanol–water partition coefficient (Wildman–Crippen LogP) is 4.08. The summed E-state index contributed by atoms with van der Waals surface area (Å²) >= 11 is 3.43. The van der Waals surface area contributed by atoms with Gasteiger partial charge in [-0.05, 0) is 36.1 Å². The minimum Gasteiger partial charge on any atom is -0.411 e. The zero-order valence-corrected chi connectivity index (χ0v) is 14.5. The van der Waals surface area contributed by atoms with Gasteiger partial charge < -0.3 is 9.77 Å². The van der Waals surface area contributed by atoms with Gasteiger partial charge in [-0.1, -0.05) is 39.3 Å². The quantitative estimate of drug-likeness (QED) is 0.358. The van der Waals surface area contributed by atoms with E-state index in [9.17, 15) is 10.0 Å². The lowest BCUT2D eigenvalue weighted by molar-refractivity contribution is 0.317. The summed E-state index contributed by atoms with van der Waals surface area (Å²) in [5.74, 6) is 0.156. The summed E-state index contributed by atoms with van der Waals surface area (Å²) in [7, 11) is 1.68. The third kappa shape index (κ3) is 4.42. The number of hydrogen-bond donors (Lipinski definition) is 1. The average molecular weight is 375 g/mol. The molecule has 0 fully saturated rings. The molecule has 0 saturated carbocycles. The van der Waals surface area contributed by atoms with Crippen LogP contribution in [-0.2, 0) is 7.05 Å². The first kappa shape index (κ1) is 17.2. The van der Waals surface area contributed by atoms with Gasteiger partial charge >= 0.3 is 0 Å². The van der Waals surface area contributed by atoms with Crippen LogP contribution in [0.1, 0.15) is 29.9 Å². The van der Waals surface area contributed by atoms with Crippen molar-refractivity contribution >= 4 is 21.6 Å². The van der Waals surface area contributed by atoms with Crippen molar-refractivity contribution < 1.29 is 5.21 Å². The van der Waals surface area contributed by atoms with E-state index in [4.69, 9.17) is 0 Å². The van der Waals surface area contributed by atoms with Crippen LogP contribution in [0.15, 0.2) is 69.7 Å². The number of aryl methyl sites for hydroxylation is 1. The molecule has 2 aromatic rings. The Morgan fingerprint density at radius 2 is 2.04 bits per heavy atom. The van der Waals surface area contributed by atoms with E-state index < -0.39 is 0 Å². The molecule has 0 bridgehead atoms. The molecular weight excluding hydrogens is 356 g/mol. The van der Waals surface area contributed by atoms with Crippen molar-refractivity contribution in [1.29, 1.82) is 0 Å². The molecule has 120 valence electrons. The van der Waals surface area contributed by atoms with Crippen LogP contribution in [0.25, 0.3) is 0 Å². The minimum atomic E-state index is -0.0957. The highest BCUT2D eigenvalue weighted by atomic mass is 79.9. The number of aromatic nitrogens is 1. The Balaban J connectivity index is 2.29. The van der Waals surface area contributed by atoms with Gasteiger partial charge in [-0.15, -0.1) is 6.58 Å². The fraction of sp³-hybridized carbons (Fsp3) is 0.222. The molecule has 0 radical (unpaired) electrons. The zero-order valence-electron chi connectivity index (χ0n) is 12.9. The van der Waals surface area contributed by atoms with Crippen LogP contribution in [0.3, 0.4) is 0 Å². The van der Waals surface area contributed by atoms with Crippen molar-refractivity contribution in [2.24, 2.45) is 12.2 Å². The molecule has 1 atom stereocenters. The molecule has 0 aliphatic carbocycles. The molecule has 1 N–H and O–H groups in total. The van der Waals surface area contributed by atoms with Crippen molar-refractivity contribution in [3.05, 3.63) is 81.2 Å². The standard InChI is InChI=1S/C18H19BrN2O2/c1-3-4-14(13-5-8-16(19)9-6-13)11-17(20-23)15-7-10-18(22)21(2)12-15/h3,5-10,12,14,23H,1,4,11H2,2H3/b20-17-. The van der Waals surface area contributed by atoms with Gasteiger partial charge in [0, 0.05) is 35.8 Å². The molecule has 0 aliphatic rings. The van der Waals surface area contributed by atoms with Crippen molar-refractivity contribution in [3.8, 4) is 0 Å². The fourth-order valence-corrected chi connectivity index (χ4v) is 2.75. The molecule has 1 heterocycles. The molecule has 0 aliphatic heterocycles. The van der Waals surface area contributed by atoms with Crippen molar-refractivity contribution in [1.82, 2.24) is 4.57 Å². The van der Waals surface area contributed by atoms with Crippen LogP contribution in [0.2, 0.25) is 0 Å². The Bertz CT molecular complexity index is 763. The van der Waals surface area contributed by atoms with Gasteiger partial charge in [0.05, 0.1) is 5.71 Å². The van der Waals surface area contributed by atoms with Crippen LogP contribution in [0.4, 0.5) is 0 Å².